The molecule has 0 aliphatic rings. The summed E-state index contributed by atoms with van der Waals surface area (Å²) >= 11 is 7.44. The van der Waals surface area contributed by atoms with Gasteiger partial charge in [0.2, 0.25) is 11.0 Å². The molecule has 0 aliphatic carbocycles. The van der Waals surface area contributed by atoms with Gasteiger partial charge in [-0.25, -0.2) is 0 Å². The molecule has 1 heterocycles. The summed E-state index contributed by atoms with van der Waals surface area (Å²) in [6, 6.07) is 6.04. The summed E-state index contributed by atoms with van der Waals surface area (Å²) < 4.78 is 0. The van der Waals surface area contributed by atoms with Crippen LogP contribution in [-0.4, -0.2) is 28.1 Å². The highest BCUT2D eigenvalue weighted by molar-refractivity contribution is 7.15. The van der Waals surface area contributed by atoms with Crippen molar-refractivity contribution in [2.24, 2.45) is 5.92 Å². The lowest BCUT2D eigenvalue weighted by Gasteiger charge is -2.21. The van der Waals surface area contributed by atoms with Crippen LogP contribution in [0.2, 0.25) is 5.02 Å². The fraction of sp³-hybridized carbons (Fsp3) is 0.474. The molecule has 8 heteroatoms. The number of hydrogen-bond acceptors (Lipinski definition) is 5. The van der Waals surface area contributed by atoms with Crippen molar-refractivity contribution < 1.29 is 9.59 Å². The Morgan fingerprint density at radius 3 is 2.59 bits per heavy atom. The summed E-state index contributed by atoms with van der Waals surface area (Å²) in [5, 5.41) is 15.4. The van der Waals surface area contributed by atoms with Gasteiger partial charge in [0.05, 0.1) is 10.6 Å². The second kappa shape index (κ2) is 10.4. The van der Waals surface area contributed by atoms with Crippen molar-refractivity contribution in [2.75, 3.05) is 5.32 Å². The zero-order valence-electron chi connectivity index (χ0n) is 15.8. The zero-order valence-corrected chi connectivity index (χ0v) is 17.4. The number of nitrogens with one attached hydrogen (secondary N) is 2. The minimum atomic E-state index is -0.707. The van der Waals surface area contributed by atoms with E-state index in [1.165, 1.54) is 11.3 Å². The molecular weight excluding hydrogens is 384 g/mol. The molecule has 146 valence electrons. The minimum Gasteiger partial charge on any atom is -0.340 e. The van der Waals surface area contributed by atoms with Gasteiger partial charge in [-0.05, 0) is 24.5 Å². The van der Waals surface area contributed by atoms with Crippen molar-refractivity contribution in [2.45, 2.75) is 52.5 Å². The fourth-order valence-electron chi connectivity index (χ4n) is 2.51. The second-order valence-corrected chi connectivity index (χ2v) is 8.09. The first-order valence-electron chi connectivity index (χ1n) is 9.11. The maximum atomic E-state index is 12.7. The fourth-order valence-corrected chi connectivity index (χ4v) is 3.52. The van der Waals surface area contributed by atoms with Crippen LogP contribution in [-0.2, 0) is 11.2 Å². The molecule has 0 saturated carbocycles. The van der Waals surface area contributed by atoms with E-state index in [0.29, 0.717) is 15.7 Å². The van der Waals surface area contributed by atoms with Gasteiger partial charge in [0.25, 0.3) is 5.91 Å². The number of halogens is 1. The molecule has 1 unspecified atom stereocenters. The van der Waals surface area contributed by atoms with Crippen molar-refractivity contribution in [3.05, 3.63) is 39.9 Å². The smallest absolute Gasteiger partial charge is 0.253 e. The van der Waals surface area contributed by atoms with Gasteiger partial charge in [0.15, 0.2) is 0 Å². The third kappa shape index (κ3) is 6.29. The van der Waals surface area contributed by atoms with Crippen LogP contribution in [0.1, 0.15) is 55.4 Å². The second-order valence-electron chi connectivity index (χ2n) is 6.62. The Hall–Kier alpha value is -1.99. The summed E-state index contributed by atoms with van der Waals surface area (Å²) in [4.78, 5) is 25.1. The predicted octanol–water partition coefficient (Wildman–Crippen LogP) is 4.32. The van der Waals surface area contributed by atoms with Crippen LogP contribution in [0.25, 0.3) is 0 Å². The molecule has 0 radical (unpaired) electrons. The zero-order chi connectivity index (χ0) is 19.8. The lowest BCUT2D eigenvalue weighted by molar-refractivity contribution is -0.118. The molecule has 1 aromatic carbocycles. The van der Waals surface area contributed by atoms with Crippen LogP contribution in [0.5, 0.6) is 0 Å². The molecule has 2 aromatic rings. The number of unbranched alkanes of at least 4 members (excludes halogenated alkanes) is 2. The van der Waals surface area contributed by atoms with Crippen molar-refractivity contribution in [3.8, 4) is 0 Å². The van der Waals surface area contributed by atoms with Crippen LogP contribution in [0.15, 0.2) is 24.3 Å². The van der Waals surface area contributed by atoms with Gasteiger partial charge < -0.3 is 5.32 Å². The molecule has 0 fully saturated rings. The molecule has 2 rings (SSSR count). The van der Waals surface area contributed by atoms with Gasteiger partial charge in [-0.2, -0.15) is 0 Å². The standard InChI is InChI=1S/C19H25ClN4O2S/c1-4-5-6-11-15-23-24-19(27-15)22-18(26)16(12(2)3)21-17(25)13-9-7-8-10-14(13)20/h7-10,12,16H,4-6,11H2,1-3H3,(H,21,25)(H,22,24,26). The van der Waals surface area contributed by atoms with E-state index in [4.69, 9.17) is 11.6 Å². The van der Waals surface area contributed by atoms with Gasteiger partial charge in [0.1, 0.15) is 11.0 Å². The van der Waals surface area contributed by atoms with Gasteiger partial charge in [-0.3, -0.25) is 14.9 Å². The van der Waals surface area contributed by atoms with Gasteiger partial charge in [0, 0.05) is 6.42 Å². The molecular formula is C19H25ClN4O2S. The molecule has 2 N–H and O–H groups in total. The molecule has 27 heavy (non-hydrogen) atoms. The maximum absolute atomic E-state index is 12.7. The Kier molecular flexibility index (Phi) is 8.19. The molecule has 2 amide bonds. The van der Waals surface area contributed by atoms with Crippen molar-refractivity contribution in [1.29, 1.82) is 0 Å². The number of anilines is 1. The molecule has 6 nitrogen and oxygen atoms in total. The average Bonchev–Trinajstić information content (AvgIpc) is 3.07. The van der Waals surface area contributed by atoms with E-state index in [9.17, 15) is 9.59 Å². The normalized spacial score (nSPS) is 12.0. The van der Waals surface area contributed by atoms with Crippen LogP contribution in [0.3, 0.4) is 0 Å². The van der Waals surface area contributed by atoms with Crippen LogP contribution in [0.4, 0.5) is 5.13 Å². The van der Waals surface area contributed by atoms with E-state index in [1.807, 2.05) is 13.8 Å². The number of rotatable bonds is 9. The first-order chi connectivity index (χ1) is 12.9. The third-order valence-corrected chi connectivity index (χ3v) is 5.27. The largest absolute Gasteiger partial charge is 0.340 e. The SMILES string of the molecule is CCCCCc1nnc(NC(=O)C(NC(=O)c2ccccc2Cl)C(C)C)s1. The van der Waals surface area contributed by atoms with E-state index < -0.39 is 6.04 Å². The molecule has 0 aliphatic heterocycles. The topological polar surface area (TPSA) is 84.0 Å². The number of carbonyl (C=O) groups is 2. The number of nitrogens with zero attached hydrogens (tertiary/aromatic N) is 2. The Labute approximate surface area is 168 Å². The first kappa shape index (κ1) is 21.3. The quantitative estimate of drug-likeness (QED) is 0.605. The summed E-state index contributed by atoms with van der Waals surface area (Å²) in [5.74, 6) is -0.804. The lowest BCUT2D eigenvalue weighted by atomic mass is 10.0. The predicted molar refractivity (Wildman–Crippen MR) is 109 cm³/mol. The number of benzene rings is 1. The number of aryl methyl sites for hydroxylation is 1. The molecule has 1 aromatic heterocycles. The Balaban J connectivity index is 2.00. The molecule has 1 atom stereocenters. The van der Waals surface area contributed by atoms with E-state index in [2.05, 4.69) is 27.8 Å². The number of aromatic nitrogens is 2. The van der Waals surface area contributed by atoms with E-state index >= 15 is 0 Å². The number of amides is 2. The monoisotopic (exact) mass is 408 g/mol. The van der Waals surface area contributed by atoms with Gasteiger partial charge in [-0.1, -0.05) is 68.7 Å². The molecule has 0 bridgehead atoms. The Bertz CT molecular complexity index is 779. The van der Waals surface area contributed by atoms with Crippen LogP contribution in [0, 0.1) is 5.92 Å². The van der Waals surface area contributed by atoms with Crippen molar-refractivity contribution >= 4 is 39.9 Å². The first-order valence-corrected chi connectivity index (χ1v) is 10.3. The summed E-state index contributed by atoms with van der Waals surface area (Å²) in [5.41, 5.74) is 0.340. The minimum absolute atomic E-state index is 0.103. The number of carbonyl (C=O) groups excluding carboxylic acids is 2. The highest BCUT2D eigenvalue weighted by Gasteiger charge is 2.26. The molecule has 0 spiro atoms. The lowest BCUT2D eigenvalue weighted by Crippen LogP contribution is -2.47. The highest BCUT2D eigenvalue weighted by atomic mass is 35.5. The van der Waals surface area contributed by atoms with Crippen molar-refractivity contribution in [3.63, 3.8) is 0 Å². The number of hydrogen-bond donors (Lipinski definition) is 2. The third-order valence-electron chi connectivity index (χ3n) is 4.05. The maximum Gasteiger partial charge on any atom is 0.253 e. The van der Waals surface area contributed by atoms with Crippen LogP contribution < -0.4 is 10.6 Å². The summed E-state index contributed by atoms with van der Waals surface area (Å²) in [6.07, 6.45) is 4.20. The molecule has 0 saturated heterocycles. The summed E-state index contributed by atoms with van der Waals surface area (Å²) in [7, 11) is 0. The Morgan fingerprint density at radius 1 is 1.19 bits per heavy atom. The van der Waals surface area contributed by atoms with E-state index in [-0.39, 0.29) is 17.7 Å². The van der Waals surface area contributed by atoms with Gasteiger partial charge >= 0.3 is 0 Å². The highest BCUT2D eigenvalue weighted by Crippen LogP contribution is 2.19. The van der Waals surface area contributed by atoms with E-state index in [1.54, 1.807) is 24.3 Å². The van der Waals surface area contributed by atoms with Crippen molar-refractivity contribution in [1.82, 2.24) is 15.5 Å². The van der Waals surface area contributed by atoms with Gasteiger partial charge in [-0.15, -0.1) is 10.2 Å². The summed E-state index contributed by atoms with van der Waals surface area (Å²) in [6.45, 7) is 5.88. The van der Waals surface area contributed by atoms with E-state index in [0.717, 1.165) is 30.7 Å². The van der Waals surface area contributed by atoms with Crippen LogP contribution >= 0.6 is 22.9 Å². The average molecular weight is 409 g/mol. The Morgan fingerprint density at radius 2 is 1.93 bits per heavy atom.